The highest BCUT2D eigenvalue weighted by Crippen LogP contribution is 2.39. The maximum absolute atomic E-state index is 10.7. The van der Waals surface area contributed by atoms with E-state index in [0.717, 1.165) is 29.8 Å². The highest BCUT2D eigenvalue weighted by molar-refractivity contribution is 5.75. The molecule has 0 saturated heterocycles. The van der Waals surface area contributed by atoms with Gasteiger partial charge >= 0.3 is 0 Å². The van der Waals surface area contributed by atoms with Crippen molar-refractivity contribution < 1.29 is 24.1 Å². The molecule has 6 heteroatoms. The quantitative estimate of drug-likeness (QED) is 0.594. The molecule has 0 aliphatic heterocycles. The van der Waals surface area contributed by atoms with Crippen molar-refractivity contribution in [1.29, 1.82) is 0 Å². The molecule has 0 unspecified atom stereocenters. The van der Waals surface area contributed by atoms with Crippen LogP contribution in [0.25, 0.3) is 12.2 Å². The Bertz CT molecular complexity index is 818. The highest BCUT2D eigenvalue weighted by atomic mass is 16.5. The molecule has 0 aromatic heterocycles. The first-order chi connectivity index (χ1) is 14.0. The minimum atomic E-state index is 0.173. The second-order valence-corrected chi connectivity index (χ2v) is 6.44. The number of methoxy groups -OCH3 is 4. The van der Waals surface area contributed by atoms with Gasteiger partial charge in [0.25, 0.3) is 0 Å². The molecule has 2 aromatic rings. The van der Waals surface area contributed by atoms with Gasteiger partial charge in [-0.05, 0) is 42.4 Å². The average Bonchev–Trinajstić information content (AvgIpc) is 2.76. The minimum Gasteiger partial charge on any atom is -0.504 e. The number of hydrogen-bond donors (Lipinski definition) is 1. The van der Waals surface area contributed by atoms with Gasteiger partial charge in [-0.3, -0.25) is 4.90 Å². The summed E-state index contributed by atoms with van der Waals surface area (Å²) in [7, 11) is 6.32. The van der Waals surface area contributed by atoms with Crippen LogP contribution < -0.4 is 18.9 Å². The number of hydrogen-bond acceptors (Lipinski definition) is 6. The van der Waals surface area contributed by atoms with Crippen molar-refractivity contribution in [2.75, 3.05) is 41.5 Å². The third kappa shape index (κ3) is 5.15. The summed E-state index contributed by atoms with van der Waals surface area (Å²) in [5, 5.41) is 10.7. The van der Waals surface area contributed by atoms with Crippen molar-refractivity contribution in [2.24, 2.45) is 0 Å². The van der Waals surface area contributed by atoms with Gasteiger partial charge in [0.2, 0.25) is 5.75 Å². The maximum atomic E-state index is 10.7. The standard InChI is InChI=1S/C23H31NO5/c1-7-24(8-2)15-18-17(11-12-19(26-3)22(18)25)10-9-16-13-20(27-4)23(29-6)21(14-16)28-5/h9-14,25H,7-8,15H2,1-6H3/b10-9-. The minimum absolute atomic E-state index is 0.173. The molecule has 0 aliphatic rings. The lowest BCUT2D eigenvalue weighted by molar-refractivity contribution is 0.287. The molecule has 29 heavy (non-hydrogen) atoms. The molecule has 6 nitrogen and oxygen atoms in total. The van der Waals surface area contributed by atoms with Gasteiger partial charge in [0.1, 0.15) is 0 Å². The largest absolute Gasteiger partial charge is 0.504 e. The SMILES string of the molecule is CCN(CC)Cc1c(/C=C\c2cc(OC)c(OC)c(OC)c2)ccc(OC)c1O. The number of aromatic hydroxyl groups is 1. The molecule has 0 radical (unpaired) electrons. The highest BCUT2D eigenvalue weighted by Gasteiger charge is 2.15. The van der Waals surface area contributed by atoms with Crippen LogP contribution in [-0.4, -0.2) is 51.5 Å². The number of phenols is 1. The number of benzene rings is 2. The van der Waals surface area contributed by atoms with E-state index in [-0.39, 0.29) is 5.75 Å². The fraction of sp³-hybridized carbons (Fsp3) is 0.391. The summed E-state index contributed by atoms with van der Waals surface area (Å²) >= 11 is 0. The molecule has 158 valence electrons. The Kier molecular flexibility index (Phi) is 8.21. The van der Waals surface area contributed by atoms with Crippen LogP contribution in [0.15, 0.2) is 24.3 Å². The molecule has 1 N–H and O–H groups in total. The van der Waals surface area contributed by atoms with E-state index in [1.54, 1.807) is 34.5 Å². The molecule has 2 aromatic carbocycles. The molecular formula is C23H31NO5. The van der Waals surface area contributed by atoms with Gasteiger partial charge in [0.15, 0.2) is 23.0 Å². The Balaban J connectivity index is 2.48. The molecule has 0 saturated carbocycles. The Morgan fingerprint density at radius 3 is 1.90 bits per heavy atom. The lowest BCUT2D eigenvalue weighted by atomic mass is 10.0. The van der Waals surface area contributed by atoms with Crippen LogP contribution in [-0.2, 0) is 6.54 Å². The first-order valence-corrected chi connectivity index (χ1v) is 9.62. The first-order valence-electron chi connectivity index (χ1n) is 9.62. The molecule has 0 atom stereocenters. The van der Waals surface area contributed by atoms with Crippen LogP contribution in [0.4, 0.5) is 0 Å². The van der Waals surface area contributed by atoms with E-state index >= 15 is 0 Å². The molecule has 0 amide bonds. The lowest BCUT2D eigenvalue weighted by Gasteiger charge is -2.21. The van der Waals surface area contributed by atoms with Crippen molar-refractivity contribution in [3.05, 3.63) is 41.0 Å². The Morgan fingerprint density at radius 1 is 0.828 bits per heavy atom. The van der Waals surface area contributed by atoms with Crippen LogP contribution in [0, 0.1) is 0 Å². The third-order valence-electron chi connectivity index (χ3n) is 4.92. The summed E-state index contributed by atoms with van der Waals surface area (Å²) in [6, 6.07) is 7.48. The zero-order valence-corrected chi connectivity index (χ0v) is 18.1. The second-order valence-electron chi connectivity index (χ2n) is 6.44. The van der Waals surface area contributed by atoms with Crippen molar-refractivity contribution in [2.45, 2.75) is 20.4 Å². The molecule has 0 heterocycles. The van der Waals surface area contributed by atoms with Crippen LogP contribution in [0.2, 0.25) is 0 Å². The van der Waals surface area contributed by atoms with Gasteiger partial charge in [0.05, 0.1) is 28.4 Å². The summed E-state index contributed by atoms with van der Waals surface area (Å²) in [4.78, 5) is 2.24. The topological polar surface area (TPSA) is 60.4 Å². The van der Waals surface area contributed by atoms with Gasteiger partial charge in [-0.25, -0.2) is 0 Å². The summed E-state index contributed by atoms with van der Waals surface area (Å²) in [6.07, 6.45) is 3.93. The summed E-state index contributed by atoms with van der Waals surface area (Å²) < 4.78 is 21.5. The van der Waals surface area contributed by atoms with Crippen LogP contribution in [0.1, 0.15) is 30.5 Å². The van der Waals surface area contributed by atoms with E-state index in [1.165, 1.54) is 0 Å². The fourth-order valence-corrected chi connectivity index (χ4v) is 3.17. The molecule has 0 spiro atoms. The van der Waals surface area contributed by atoms with Gasteiger partial charge in [0, 0.05) is 12.1 Å². The van der Waals surface area contributed by atoms with E-state index in [9.17, 15) is 5.11 Å². The van der Waals surface area contributed by atoms with Crippen LogP contribution in [0.3, 0.4) is 0 Å². The summed E-state index contributed by atoms with van der Waals surface area (Å²) in [5.74, 6) is 2.37. The number of phenolic OH excluding ortho intramolecular Hbond substituents is 1. The van der Waals surface area contributed by atoms with E-state index in [2.05, 4.69) is 18.7 Å². The zero-order valence-electron chi connectivity index (χ0n) is 18.1. The number of rotatable bonds is 10. The van der Waals surface area contributed by atoms with Crippen molar-refractivity contribution in [1.82, 2.24) is 4.90 Å². The zero-order chi connectivity index (χ0) is 21.4. The van der Waals surface area contributed by atoms with E-state index < -0.39 is 0 Å². The second kappa shape index (κ2) is 10.6. The fourth-order valence-electron chi connectivity index (χ4n) is 3.17. The van der Waals surface area contributed by atoms with E-state index in [0.29, 0.717) is 29.5 Å². The third-order valence-corrected chi connectivity index (χ3v) is 4.92. The Hall–Kier alpha value is -2.86. The molecule has 0 aliphatic carbocycles. The lowest BCUT2D eigenvalue weighted by Crippen LogP contribution is -2.22. The van der Waals surface area contributed by atoms with E-state index in [4.69, 9.17) is 18.9 Å². The average molecular weight is 402 g/mol. The van der Waals surface area contributed by atoms with Gasteiger partial charge < -0.3 is 24.1 Å². The Morgan fingerprint density at radius 2 is 1.41 bits per heavy atom. The first kappa shape index (κ1) is 22.4. The number of ether oxygens (including phenoxy) is 4. The molecule has 0 bridgehead atoms. The normalized spacial score (nSPS) is 11.1. The van der Waals surface area contributed by atoms with Crippen LogP contribution in [0.5, 0.6) is 28.7 Å². The maximum Gasteiger partial charge on any atom is 0.203 e. The monoisotopic (exact) mass is 401 g/mol. The molecule has 2 rings (SSSR count). The number of nitrogens with zero attached hydrogens (tertiary/aromatic N) is 1. The van der Waals surface area contributed by atoms with Crippen molar-refractivity contribution in [3.8, 4) is 28.7 Å². The summed E-state index contributed by atoms with van der Waals surface area (Å²) in [5.41, 5.74) is 2.64. The molecular weight excluding hydrogens is 370 g/mol. The van der Waals surface area contributed by atoms with E-state index in [1.807, 2.05) is 30.4 Å². The predicted molar refractivity (Wildman–Crippen MR) is 116 cm³/mol. The predicted octanol–water partition coefficient (Wildman–Crippen LogP) is 4.44. The van der Waals surface area contributed by atoms with Gasteiger partial charge in [-0.1, -0.05) is 32.1 Å². The van der Waals surface area contributed by atoms with Crippen molar-refractivity contribution in [3.63, 3.8) is 0 Å². The van der Waals surface area contributed by atoms with Gasteiger partial charge in [-0.2, -0.15) is 0 Å². The van der Waals surface area contributed by atoms with Gasteiger partial charge in [-0.15, -0.1) is 0 Å². The Labute approximate surface area is 173 Å². The van der Waals surface area contributed by atoms with Crippen molar-refractivity contribution >= 4 is 12.2 Å². The summed E-state index contributed by atoms with van der Waals surface area (Å²) in [6.45, 7) is 6.62. The smallest absolute Gasteiger partial charge is 0.203 e. The molecule has 0 fully saturated rings. The van der Waals surface area contributed by atoms with Crippen LogP contribution >= 0.6 is 0 Å².